The molecule has 1 aliphatic carbocycles. The lowest BCUT2D eigenvalue weighted by Crippen LogP contribution is -2.30. The van der Waals surface area contributed by atoms with Crippen molar-refractivity contribution in [1.82, 2.24) is 0 Å². The van der Waals surface area contributed by atoms with Crippen LogP contribution < -0.4 is 10.2 Å². The van der Waals surface area contributed by atoms with Gasteiger partial charge in [0.05, 0.1) is 7.11 Å². The van der Waals surface area contributed by atoms with Crippen LogP contribution in [0.1, 0.15) is 38.2 Å². The molecule has 0 amide bonds. The second-order valence-corrected chi connectivity index (χ2v) is 6.35. The molecule has 1 fully saturated rings. The summed E-state index contributed by atoms with van der Waals surface area (Å²) in [6.07, 6.45) is 5.52. The van der Waals surface area contributed by atoms with Crippen LogP contribution in [-0.2, 0) is 6.42 Å². The molecule has 2 unspecified atom stereocenters. The van der Waals surface area contributed by atoms with Crippen molar-refractivity contribution in [2.24, 2.45) is 11.8 Å². The normalized spacial score (nSPS) is 22.2. The Kier molecular flexibility index (Phi) is 5.48. The van der Waals surface area contributed by atoms with Crippen molar-refractivity contribution in [3.63, 3.8) is 0 Å². The highest BCUT2D eigenvalue weighted by Gasteiger charge is 2.22. The zero-order chi connectivity index (χ0) is 15.4. The van der Waals surface area contributed by atoms with E-state index >= 15 is 0 Å². The molecule has 1 aliphatic rings. The number of hydrogen-bond donors (Lipinski definition) is 2. The van der Waals surface area contributed by atoms with Gasteiger partial charge in [0.25, 0.3) is 0 Å². The second-order valence-electron chi connectivity index (χ2n) is 6.35. The molecule has 114 valence electrons. The number of rotatable bonds is 5. The fourth-order valence-electron chi connectivity index (χ4n) is 3.45. The highest BCUT2D eigenvalue weighted by Crippen LogP contribution is 2.34. The van der Waals surface area contributed by atoms with E-state index in [1.165, 1.54) is 12.0 Å². The molecule has 1 aromatic carbocycles. The van der Waals surface area contributed by atoms with Crippen LogP contribution in [0.15, 0.2) is 30.4 Å². The van der Waals surface area contributed by atoms with Crippen molar-refractivity contribution >= 4 is 12.6 Å². The van der Waals surface area contributed by atoms with E-state index in [-0.39, 0.29) is 0 Å². The van der Waals surface area contributed by atoms with Crippen molar-refractivity contribution in [3.8, 4) is 5.75 Å². The Balaban J connectivity index is 2.04. The van der Waals surface area contributed by atoms with E-state index in [0.717, 1.165) is 42.9 Å². The van der Waals surface area contributed by atoms with Gasteiger partial charge in [0.15, 0.2) is 0 Å². The van der Waals surface area contributed by atoms with Crippen LogP contribution in [0.2, 0.25) is 0 Å². The number of benzene rings is 1. The van der Waals surface area contributed by atoms with E-state index in [9.17, 15) is 10.0 Å². The van der Waals surface area contributed by atoms with E-state index < -0.39 is 7.12 Å². The second kappa shape index (κ2) is 7.14. The van der Waals surface area contributed by atoms with Gasteiger partial charge in [-0.15, -0.1) is 0 Å². The number of hydrogen-bond acceptors (Lipinski definition) is 3. The molecule has 0 radical (unpaired) electrons. The molecule has 0 spiro atoms. The monoisotopic (exact) mass is 288 g/mol. The zero-order valence-electron chi connectivity index (χ0n) is 13.0. The molecule has 0 saturated heterocycles. The minimum atomic E-state index is -1.43. The van der Waals surface area contributed by atoms with Crippen LogP contribution in [0.4, 0.5) is 0 Å². The van der Waals surface area contributed by atoms with Gasteiger partial charge in [-0.3, -0.25) is 0 Å². The average molecular weight is 288 g/mol. The highest BCUT2D eigenvalue weighted by atomic mass is 16.5. The van der Waals surface area contributed by atoms with Crippen LogP contribution in [0.3, 0.4) is 0 Å². The summed E-state index contributed by atoms with van der Waals surface area (Å²) in [6.45, 7) is 6.44. The van der Waals surface area contributed by atoms with Gasteiger partial charge in [-0.05, 0) is 61.0 Å². The highest BCUT2D eigenvalue weighted by molar-refractivity contribution is 6.58. The van der Waals surface area contributed by atoms with Crippen molar-refractivity contribution in [1.29, 1.82) is 0 Å². The smallest absolute Gasteiger partial charge is 0.488 e. The molecule has 0 aliphatic heterocycles. The van der Waals surface area contributed by atoms with Crippen LogP contribution >= 0.6 is 0 Å². The Bertz CT molecular complexity index is 499. The van der Waals surface area contributed by atoms with E-state index in [0.29, 0.717) is 11.4 Å². The molecular formula is C17H25BO3. The molecule has 1 saturated carbocycles. The third-order valence-electron chi connectivity index (χ3n) is 4.37. The van der Waals surface area contributed by atoms with Crippen LogP contribution in [-0.4, -0.2) is 24.3 Å². The number of ether oxygens (including phenoxy) is 1. The Labute approximate surface area is 127 Å². The number of methoxy groups -OCH3 is 1. The summed E-state index contributed by atoms with van der Waals surface area (Å²) in [7, 11) is 0.224. The van der Waals surface area contributed by atoms with Gasteiger partial charge in [-0.25, -0.2) is 0 Å². The summed E-state index contributed by atoms with van der Waals surface area (Å²) in [5.41, 5.74) is 2.93. The Morgan fingerprint density at radius 2 is 2.10 bits per heavy atom. The third-order valence-corrected chi connectivity index (χ3v) is 4.37. The minimum absolute atomic E-state index is 0.521. The first-order valence-electron chi connectivity index (χ1n) is 7.69. The van der Waals surface area contributed by atoms with Crippen molar-refractivity contribution < 1.29 is 14.8 Å². The van der Waals surface area contributed by atoms with Crippen LogP contribution in [0.25, 0.3) is 0 Å². The Morgan fingerprint density at radius 1 is 1.33 bits per heavy atom. The van der Waals surface area contributed by atoms with Gasteiger partial charge in [0, 0.05) is 0 Å². The first kappa shape index (κ1) is 16.1. The molecule has 1 aromatic rings. The molecule has 0 bridgehead atoms. The maximum atomic E-state index is 9.30. The topological polar surface area (TPSA) is 49.7 Å². The van der Waals surface area contributed by atoms with Gasteiger partial charge < -0.3 is 14.8 Å². The zero-order valence-corrected chi connectivity index (χ0v) is 13.0. The Hall–Kier alpha value is -1.26. The molecule has 21 heavy (non-hydrogen) atoms. The molecule has 3 nitrogen and oxygen atoms in total. The van der Waals surface area contributed by atoms with Gasteiger partial charge in [0.1, 0.15) is 5.75 Å². The third kappa shape index (κ3) is 4.35. The van der Waals surface area contributed by atoms with E-state index in [4.69, 9.17) is 4.74 Å². The lowest BCUT2D eigenvalue weighted by molar-refractivity contribution is 0.319. The fraction of sp³-hybridized carbons (Fsp3) is 0.529. The SMILES string of the molecule is C=C1CC(C)CC(CCc2cc(B(O)O)ccc2OC)C1. The first-order valence-corrected chi connectivity index (χ1v) is 7.69. The van der Waals surface area contributed by atoms with Crippen LogP contribution in [0, 0.1) is 11.8 Å². The van der Waals surface area contributed by atoms with E-state index in [1.807, 2.05) is 12.1 Å². The number of allylic oxidation sites excluding steroid dienone is 1. The lowest BCUT2D eigenvalue weighted by Gasteiger charge is -2.28. The maximum Gasteiger partial charge on any atom is 0.488 e. The summed E-state index contributed by atoms with van der Waals surface area (Å²) in [4.78, 5) is 0. The standard InChI is InChI=1S/C17H25BO3/c1-12-8-13(2)10-14(9-12)4-5-15-11-16(18(19)20)6-7-17(15)21-3/h6-7,11,13-14,19-20H,1,4-5,8-10H2,2-3H3. The van der Waals surface area contributed by atoms with Crippen molar-refractivity contribution in [3.05, 3.63) is 35.9 Å². The molecule has 0 aromatic heterocycles. The largest absolute Gasteiger partial charge is 0.496 e. The predicted octanol–water partition coefficient (Wildman–Crippen LogP) is 2.30. The van der Waals surface area contributed by atoms with E-state index in [1.54, 1.807) is 13.2 Å². The van der Waals surface area contributed by atoms with Crippen molar-refractivity contribution in [2.45, 2.75) is 39.0 Å². The molecule has 4 heteroatoms. The van der Waals surface area contributed by atoms with Gasteiger partial charge in [-0.1, -0.05) is 31.2 Å². The van der Waals surface area contributed by atoms with Gasteiger partial charge in [0.2, 0.25) is 0 Å². The molecule has 2 rings (SSSR count). The first-order chi connectivity index (χ1) is 9.99. The molecule has 2 atom stereocenters. The molecule has 2 N–H and O–H groups in total. The molecular weight excluding hydrogens is 263 g/mol. The summed E-state index contributed by atoms with van der Waals surface area (Å²) in [5.74, 6) is 2.22. The summed E-state index contributed by atoms with van der Waals surface area (Å²) in [5, 5.41) is 18.6. The lowest BCUT2D eigenvalue weighted by atomic mass is 9.76. The van der Waals surface area contributed by atoms with Gasteiger partial charge in [-0.2, -0.15) is 0 Å². The minimum Gasteiger partial charge on any atom is -0.496 e. The summed E-state index contributed by atoms with van der Waals surface area (Å²) < 4.78 is 5.38. The van der Waals surface area contributed by atoms with E-state index in [2.05, 4.69) is 13.5 Å². The predicted molar refractivity (Wildman–Crippen MR) is 86.8 cm³/mol. The molecule has 0 heterocycles. The number of aryl methyl sites for hydroxylation is 1. The van der Waals surface area contributed by atoms with Crippen molar-refractivity contribution in [2.75, 3.05) is 7.11 Å². The maximum absolute atomic E-state index is 9.30. The van der Waals surface area contributed by atoms with Crippen LogP contribution in [0.5, 0.6) is 5.75 Å². The Morgan fingerprint density at radius 3 is 2.71 bits per heavy atom. The fourth-order valence-corrected chi connectivity index (χ4v) is 3.45. The van der Waals surface area contributed by atoms with Gasteiger partial charge >= 0.3 is 7.12 Å². The quantitative estimate of drug-likeness (QED) is 0.645. The summed E-state index contributed by atoms with van der Waals surface area (Å²) in [6, 6.07) is 5.34. The average Bonchev–Trinajstić information content (AvgIpc) is 2.43. The summed E-state index contributed by atoms with van der Waals surface area (Å²) >= 11 is 0.